The maximum atomic E-state index is 11.2. The van der Waals surface area contributed by atoms with Gasteiger partial charge in [0, 0.05) is 24.4 Å². The van der Waals surface area contributed by atoms with Gasteiger partial charge in [-0.3, -0.25) is 4.79 Å². The summed E-state index contributed by atoms with van der Waals surface area (Å²) in [6.45, 7) is 1.59. The van der Waals surface area contributed by atoms with Crippen LogP contribution in [0.3, 0.4) is 0 Å². The van der Waals surface area contributed by atoms with Gasteiger partial charge in [0.1, 0.15) is 0 Å². The molecule has 10 nitrogen and oxygen atoms in total. The highest BCUT2D eigenvalue weighted by molar-refractivity contribution is 7.14. The second-order valence-electron chi connectivity index (χ2n) is 5.29. The van der Waals surface area contributed by atoms with Gasteiger partial charge in [-0.2, -0.15) is 5.48 Å². The Morgan fingerprint density at radius 2 is 1.93 bits per heavy atom. The van der Waals surface area contributed by atoms with Crippen LogP contribution in [0.25, 0.3) is 11.3 Å². The molecule has 0 bridgehead atoms. The van der Waals surface area contributed by atoms with E-state index in [4.69, 9.17) is 9.94 Å². The molecular weight excluding hydrogens is 374 g/mol. The van der Waals surface area contributed by atoms with Crippen LogP contribution in [0.5, 0.6) is 0 Å². The average molecular weight is 393 g/mol. The molecule has 0 fully saturated rings. The fourth-order valence-corrected chi connectivity index (χ4v) is 2.76. The molecule has 0 aliphatic heterocycles. The lowest BCUT2D eigenvalue weighted by Crippen LogP contribution is -2.39. The minimum atomic E-state index is -1.24. The van der Waals surface area contributed by atoms with Crippen molar-refractivity contribution in [3.63, 3.8) is 0 Å². The van der Waals surface area contributed by atoms with Crippen LogP contribution in [0.2, 0.25) is 0 Å². The Bertz CT molecular complexity index is 793. The van der Waals surface area contributed by atoms with E-state index in [-0.39, 0.29) is 12.6 Å². The number of hydrogen-bond acceptors (Lipinski definition) is 7. The zero-order chi connectivity index (χ0) is 19.6. The van der Waals surface area contributed by atoms with Crippen LogP contribution in [0.4, 0.5) is 14.7 Å². The molecule has 0 radical (unpaired) electrons. The van der Waals surface area contributed by atoms with Gasteiger partial charge in [-0.05, 0) is 12.0 Å². The van der Waals surface area contributed by atoms with Crippen molar-refractivity contribution in [2.24, 2.45) is 0 Å². The highest BCUT2D eigenvalue weighted by Gasteiger charge is 2.06. The third-order valence-electron chi connectivity index (χ3n) is 3.19. The molecule has 144 valence electrons. The van der Waals surface area contributed by atoms with Gasteiger partial charge in [0.05, 0.1) is 12.4 Å². The molecule has 0 atom stereocenters. The summed E-state index contributed by atoms with van der Waals surface area (Å²) >= 11 is 1.36. The molecule has 0 saturated carbocycles. The molecule has 27 heavy (non-hydrogen) atoms. The van der Waals surface area contributed by atoms with Crippen LogP contribution in [-0.2, 0) is 16.1 Å². The fourth-order valence-electron chi connectivity index (χ4n) is 2.00. The number of hydroxylamine groups is 1. The summed E-state index contributed by atoms with van der Waals surface area (Å²) in [4.78, 5) is 41.5. The van der Waals surface area contributed by atoms with Crippen molar-refractivity contribution in [3.05, 3.63) is 35.2 Å². The Morgan fingerprint density at radius 3 is 2.59 bits per heavy atom. The third kappa shape index (κ3) is 7.30. The standard InChI is InChI=1S/C16H19N5O5S/c1-10(22)20-14-21-13(8-27-14)12-4-2-11(3-5-12)6-7-19-26-16(25)18-9-17-15(23)24/h2-5,8,17,19H,6-7,9H2,1H3,(H,18,25)(H,23,24)(H,20,21,22). The van der Waals surface area contributed by atoms with E-state index in [1.165, 1.54) is 18.3 Å². The maximum Gasteiger partial charge on any atom is 0.427 e. The average Bonchev–Trinajstić information content (AvgIpc) is 3.06. The fraction of sp³-hybridized carbons (Fsp3) is 0.250. The third-order valence-corrected chi connectivity index (χ3v) is 3.95. The Labute approximate surface area is 158 Å². The predicted octanol–water partition coefficient (Wildman–Crippen LogP) is 1.77. The molecule has 2 aromatic rings. The summed E-state index contributed by atoms with van der Waals surface area (Å²) < 4.78 is 0. The van der Waals surface area contributed by atoms with Crippen molar-refractivity contribution in [1.82, 2.24) is 21.1 Å². The van der Waals surface area contributed by atoms with Crippen molar-refractivity contribution in [2.45, 2.75) is 13.3 Å². The van der Waals surface area contributed by atoms with E-state index in [0.717, 1.165) is 16.8 Å². The highest BCUT2D eigenvalue weighted by Crippen LogP contribution is 2.25. The van der Waals surface area contributed by atoms with Gasteiger partial charge >= 0.3 is 12.2 Å². The van der Waals surface area contributed by atoms with E-state index in [1.807, 2.05) is 35.0 Å². The van der Waals surface area contributed by atoms with Gasteiger partial charge in [-0.25, -0.2) is 14.6 Å². The molecule has 11 heteroatoms. The van der Waals surface area contributed by atoms with E-state index in [9.17, 15) is 14.4 Å². The molecule has 0 aliphatic rings. The molecule has 5 N–H and O–H groups in total. The van der Waals surface area contributed by atoms with Gasteiger partial charge in [0.25, 0.3) is 0 Å². The van der Waals surface area contributed by atoms with E-state index >= 15 is 0 Å². The molecule has 2 rings (SSSR count). The molecule has 1 aromatic carbocycles. The van der Waals surface area contributed by atoms with Gasteiger partial charge in [0.2, 0.25) is 5.91 Å². The van der Waals surface area contributed by atoms with Gasteiger partial charge in [0.15, 0.2) is 5.13 Å². The molecular formula is C16H19N5O5S. The second kappa shape index (κ2) is 10.1. The summed E-state index contributed by atoms with van der Waals surface area (Å²) in [7, 11) is 0. The first-order valence-electron chi connectivity index (χ1n) is 7.91. The summed E-state index contributed by atoms with van der Waals surface area (Å²) in [6, 6.07) is 7.72. The Morgan fingerprint density at radius 1 is 1.19 bits per heavy atom. The van der Waals surface area contributed by atoms with Crippen LogP contribution in [0, 0.1) is 0 Å². The second-order valence-corrected chi connectivity index (χ2v) is 6.14. The SMILES string of the molecule is CC(=O)Nc1nc(-c2ccc(CCNOC(=O)NCNC(=O)O)cc2)cs1. The monoisotopic (exact) mass is 393 g/mol. The Balaban J connectivity index is 1.72. The molecule has 0 spiro atoms. The zero-order valence-electron chi connectivity index (χ0n) is 14.4. The number of carbonyl (C=O) groups excluding carboxylic acids is 2. The summed E-state index contributed by atoms with van der Waals surface area (Å²) in [5, 5.41) is 17.6. The van der Waals surface area contributed by atoms with E-state index in [2.05, 4.69) is 21.1 Å². The van der Waals surface area contributed by atoms with Crippen molar-refractivity contribution >= 4 is 34.6 Å². The largest absolute Gasteiger partial charge is 0.465 e. The minimum absolute atomic E-state index is 0.159. The summed E-state index contributed by atoms with van der Waals surface area (Å²) in [5.74, 6) is -0.159. The topological polar surface area (TPSA) is 142 Å². The lowest BCUT2D eigenvalue weighted by atomic mass is 10.1. The quantitative estimate of drug-likeness (QED) is 0.261. The van der Waals surface area contributed by atoms with E-state index < -0.39 is 12.2 Å². The number of carboxylic acid groups (broad SMARTS) is 1. The maximum absolute atomic E-state index is 11.2. The van der Waals surface area contributed by atoms with Crippen molar-refractivity contribution in [2.75, 3.05) is 18.5 Å². The molecule has 0 saturated heterocycles. The lowest BCUT2D eigenvalue weighted by Gasteiger charge is -2.07. The van der Waals surface area contributed by atoms with Crippen molar-refractivity contribution < 1.29 is 24.3 Å². The van der Waals surface area contributed by atoms with Gasteiger partial charge in [-0.1, -0.05) is 24.3 Å². The molecule has 1 aromatic heterocycles. The predicted molar refractivity (Wildman–Crippen MR) is 99.2 cm³/mol. The molecule has 0 unspecified atom stereocenters. The number of carbonyl (C=O) groups is 3. The Kier molecular flexibility index (Phi) is 7.52. The number of benzene rings is 1. The van der Waals surface area contributed by atoms with Crippen LogP contribution in [0.1, 0.15) is 12.5 Å². The number of hydrogen-bond donors (Lipinski definition) is 5. The van der Waals surface area contributed by atoms with Gasteiger partial charge in [-0.15, -0.1) is 11.3 Å². The normalized spacial score (nSPS) is 10.1. The van der Waals surface area contributed by atoms with Crippen molar-refractivity contribution in [1.29, 1.82) is 0 Å². The first-order chi connectivity index (χ1) is 12.9. The van der Waals surface area contributed by atoms with Crippen LogP contribution in [0.15, 0.2) is 29.6 Å². The smallest absolute Gasteiger partial charge is 0.427 e. The van der Waals surface area contributed by atoms with Crippen molar-refractivity contribution in [3.8, 4) is 11.3 Å². The zero-order valence-corrected chi connectivity index (χ0v) is 15.3. The van der Waals surface area contributed by atoms with Gasteiger partial charge < -0.3 is 25.9 Å². The summed E-state index contributed by atoms with van der Waals surface area (Å²) in [6.07, 6.45) is -1.40. The first-order valence-corrected chi connectivity index (χ1v) is 8.79. The minimum Gasteiger partial charge on any atom is -0.465 e. The van der Waals surface area contributed by atoms with Crippen LogP contribution < -0.4 is 21.4 Å². The molecule has 1 heterocycles. The highest BCUT2D eigenvalue weighted by atomic mass is 32.1. The lowest BCUT2D eigenvalue weighted by molar-refractivity contribution is -0.114. The number of amides is 3. The number of anilines is 1. The van der Waals surface area contributed by atoms with E-state index in [0.29, 0.717) is 18.1 Å². The first kappa shape index (κ1) is 20.1. The number of thiazole rings is 1. The number of aromatic nitrogens is 1. The van der Waals surface area contributed by atoms with E-state index in [1.54, 1.807) is 0 Å². The Hall–Kier alpha value is -3.18. The van der Waals surface area contributed by atoms with Crippen LogP contribution >= 0.6 is 11.3 Å². The number of nitrogens with one attached hydrogen (secondary N) is 4. The van der Waals surface area contributed by atoms with Crippen LogP contribution in [-0.4, -0.2) is 41.4 Å². The number of rotatable bonds is 8. The molecule has 3 amide bonds. The molecule has 0 aliphatic carbocycles. The number of nitrogens with zero attached hydrogens (tertiary/aromatic N) is 1. The summed E-state index contributed by atoms with van der Waals surface area (Å²) in [5.41, 5.74) is 5.24.